The standard InChI is InChI=1S/C30H36N6O3/c1-4-26(29-32-33-34-36(29)23-8-6-5-7-9-23)35(16-21-10-11-27-28(14-21)39-18-38-27)17-22-15-24-20(3)12-19(2)13-25(24)31-30(22)37/h10-15,23,26H,4-9,16-18H2,1-3H3,(H,31,37). The van der Waals surface area contributed by atoms with Crippen molar-refractivity contribution < 1.29 is 9.47 Å². The highest BCUT2D eigenvalue weighted by Crippen LogP contribution is 2.36. The smallest absolute Gasteiger partial charge is 0.252 e. The molecule has 0 spiro atoms. The van der Waals surface area contributed by atoms with Gasteiger partial charge < -0.3 is 14.5 Å². The van der Waals surface area contributed by atoms with Gasteiger partial charge in [-0.15, -0.1) is 5.10 Å². The number of nitrogens with zero attached hydrogens (tertiary/aromatic N) is 5. The maximum absolute atomic E-state index is 13.3. The molecule has 0 amide bonds. The molecule has 1 atom stereocenters. The maximum Gasteiger partial charge on any atom is 0.252 e. The Hall–Kier alpha value is -3.72. The average Bonchev–Trinajstić information content (AvgIpc) is 3.60. The molecule has 1 saturated carbocycles. The van der Waals surface area contributed by atoms with Gasteiger partial charge in [-0.3, -0.25) is 9.69 Å². The maximum atomic E-state index is 13.3. The number of nitrogens with one attached hydrogen (secondary N) is 1. The van der Waals surface area contributed by atoms with Gasteiger partial charge in [0.1, 0.15) is 0 Å². The van der Waals surface area contributed by atoms with Crippen LogP contribution in [0.4, 0.5) is 0 Å². The van der Waals surface area contributed by atoms with Crippen molar-refractivity contribution in [3.05, 3.63) is 74.8 Å². The van der Waals surface area contributed by atoms with E-state index in [9.17, 15) is 4.79 Å². The van der Waals surface area contributed by atoms with E-state index in [-0.39, 0.29) is 18.4 Å². The minimum absolute atomic E-state index is 0.0649. The number of hydrogen-bond acceptors (Lipinski definition) is 7. The van der Waals surface area contributed by atoms with E-state index in [0.29, 0.717) is 19.1 Å². The summed E-state index contributed by atoms with van der Waals surface area (Å²) in [6, 6.07) is 12.5. The van der Waals surface area contributed by atoms with Crippen molar-refractivity contribution in [3.8, 4) is 11.5 Å². The lowest BCUT2D eigenvalue weighted by atomic mass is 9.95. The number of hydrogen-bond donors (Lipinski definition) is 1. The molecule has 3 heterocycles. The molecule has 2 aromatic heterocycles. The van der Waals surface area contributed by atoms with E-state index in [0.717, 1.165) is 69.7 Å². The van der Waals surface area contributed by atoms with Crippen LogP contribution >= 0.6 is 0 Å². The highest BCUT2D eigenvalue weighted by Gasteiger charge is 2.29. The quantitative estimate of drug-likeness (QED) is 0.322. The normalized spacial score (nSPS) is 16.3. The molecule has 9 heteroatoms. The molecule has 0 bridgehead atoms. The zero-order valence-electron chi connectivity index (χ0n) is 22.9. The van der Waals surface area contributed by atoms with E-state index in [1.54, 1.807) is 0 Å². The lowest BCUT2D eigenvalue weighted by Gasteiger charge is -2.32. The highest BCUT2D eigenvalue weighted by molar-refractivity contribution is 5.83. The molecular weight excluding hydrogens is 492 g/mol. The van der Waals surface area contributed by atoms with Crippen LogP contribution in [-0.4, -0.2) is 36.9 Å². The van der Waals surface area contributed by atoms with Gasteiger partial charge in [-0.1, -0.05) is 38.3 Å². The van der Waals surface area contributed by atoms with Crippen LogP contribution in [0.3, 0.4) is 0 Å². The topological polar surface area (TPSA) is 98.2 Å². The van der Waals surface area contributed by atoms with Crippen LogP contribution in [0.15, 0.2) is 41.2 Å². The molecule has 0 radical (unpaired) electrons. The van der Waals surface area contributed by atoms with Crippen LogP contribution in [0.2, 0.25) is 0 Å². The average molecular weight is 529 g/mol. The van der Waals surface area contributed by atoms with Crippen molar-refractivity contribution >= 4 is 10.9 Å². The number of H-pyrrole nitrogens is 1. The van der Waals surface area contributed by atoms with Gasteiger partial charge in [0.15, 0.2) is 17.3 Å². The molecule has 1 aliphatic carbocycles. The highest BCUT2D eigenvalue weighted by atomic mass is 16.7. The van der Waals surface area contributed by atoms with E-state index in [1.165, 1.54) is 19.3 Å². The summed E-state index contributed by atoms with van der Waals surface area (Å²) in [6.07, 6.45) is 6.67. The lowest BCUT2D eigenvalue weighted by Crippen LogP contribution is -2.33. The third kappa shape index (κ3) is 5.15. The van der Waals surface area contributed by atoms with Crippen LogP contribution in [0.1, 0.15) is 85.6 Å². The zero-order chi connectivity index (χ0) is 26.9. The van der Waals surface area contributed by atoms with Crippen LogP contribution in [0.5, 0.6) is 11.5 Å². The lowest BCUT2D eigenvalue weighted by molar-refractivity contribution is 0.155. The Bertz CT molecular complexity index is 1540. The second kappa shape index (κ2) is 10.8. The van der Waals surface area contributed by atoms with Crippen molar-refractivity contribution in [1.29, 1.82) is 0 Å². The Morgan fingerprint density at radius 2 is 1.87 bits per heavy atom. The number of aryl methyl sites for hydroxylation is 2. The third-order valence-corrected chi connectivity index (χ3v) is 8.15. The SMILES string of the molecule is CCC(c1nnnn1C1CCCCC1)N(Cc1ccc2c(c1)OCO2)Cc1cc2c(C)cc(C)cc2[nH]c1=O. The minimum Gasteiger partial charge on any atom is -0.454 e. The summed E-state index contributed by atoms with van der Waals surface area (Å²) < 4.78 is 13.2. The van der Waals surface area contributed by atoms with Gasteiger partial charge in [0.05, 0.1) is 12.1 Å². The van der Waals surface area contributed by atoms with E-state index in [2.05, 4.69) is 56.1 Å². The first-order valence-corrected chi connectivity index (χ1v) is 14.0. The molecule has 204 valence electrons. The fourth-order valence-electron chi connectivity index (χ4n) is 6.21. The molecule has 1 N–H and O–H groups in total. The van der Waals surface area contributed by atoms with E-state index < -0.39 is 0 Å². The van der Waals surface area contributed by atoms with Crippen molar-refractivity contribution in [2.75, 3.05) is 6.79 Å². The molecule has 4 aromatic rings. The Labute approximate surface area is 228 Å². The molecule has 1 aliphatic heterocycles. The molecule has 6 rings (SSSR count). The Morgan fingerprint density at radius 3 is 2.69 bits per heavy atom. The number of rotatable bonds is 8. The Morgan fingerprint density at radius 1 is 1.05 bits per heavy atom. The van der Waals surface area contributed by atoms with Crippen LogP contribution in [0, 0.1) is 13.8 Å². The number of pyridine rings is 1. The predicted molar refractivity (Wildman–Crippen MR) is 149 cm³/mol. The summed E-state index contributed by atoms with van der Waals surface area (Å²) in [5.74, 6) is 2.38. The molecule has 2 aromatic carbocycles. The number of aromatic amines is 1. The number of tetrazole rings is 1. The molecule has 0 saturated heterocycles. The summed E-state index contributed by atoms with van der Waals surface area (Å²) in [4.78, 5) is 18.8. The van der Waals surface area contributed by atoms with Crippen LogP contribution < -0.4 is 15.0 Å². The molecule has 1 fully saturated rings. The molecular formula is C30H36N6O3. The minimum atomic E-state index is -0.0680. The van der Waals surface area contributed by atoms with E-state index in [1.807, 2.05) is 31.2 Å². The third-order valence-electron chi connectivity index (χ3n) is 8.15. The van der Waals surface area contributed by atoms with Crippen LogP contribution in [-0.2, 0) is 13.1 Å². The van der Waals surface area contributed by atoms with Crippen molar-refractivity contribution in [2.24, 2.45) is 0 Å². The van der Waals surface area contributed by atoms with Crippen molar-refractivity contribution in [3.63, 3.8) is 0 Å². The fraction of sp³-hybridized carbons (Fsp3) is 0.467. The number of fused-ring (bicyclic) bond motifs is 2. The van der Waals surface area contributed by atoms with Gasteiger partial charge in [0, 0.05) is 29.6 Å². The summed E-state index contributed by atoms with van der Waals surface area (Å²) in [7, 11) is 0. The number of ether oxygens (including phenoxy) is 2. The summed E-state index contributed by atoms with van der Waals surface area (Å²) in [5.41, 5.74) is 4.90. The first kappa shape index (κ1) is 25.6. The van der Waals surface area contributed by atoms with E-state index in [4.69, 9.17) is 9.47 Å². The first-order chi connectivity index (χ1) is 19.0. The summed E-state index contributed by atoms with van der Waals surface area (Å²) in [6.45, 7) is 7.61. The van der Waals surface area contributed by atoms with Gasteiger partial charge in [0.25, 0.3) is 5.56 Å². The summed E-state index contributed by atoms with van der Waals surface area (Å²) >= 11 is 0. The second-order valence-corrected chi connectivity index (χ2v) is 11.0. The molecule has 9 nitrogen and oxygen atoms in total. The summed E-state index contributed by atoms with van der Waals surface area (Å²) in [5, 5.41) is 14.2. The molecule has 39 heavy (non-hydrogen) atoms. The van der Waals surface area contributed by atoms with E-state index >= 15 is 0 Å². The Kier molecular flexibility index (Phi) is 7.08. The van der Waals surface area contributed by atoms with Gasteiger partial charge in [-0.05, 0) is 84.5 Å². The van der Waals surface area contributed by atoms with Gasteiger partial charge in [0.2, 0.25) is 6.79 Å². The number of aromatic nitrogens is 5. The van der Waals surface area contributed by atoms with Gasteiger partial charge >= 0.3 is 0 Å². The molecule has 1 unspecified atom stereocenters. The van der Waals surface area contributed by atoms with Crippen LogP contribution in [0.25, 0.3) is 10.9 Å². The largest absolute Gasteiger partial charge is 0.454 e. The fourth-order valence-corrected chi connectivity index (χ4v) is 6.21. The van der Waals surface area contributed by atoms with Gasteiger partial charge in [-0.2, -0.15) is 0 Å². The predicted octanol–water partition coefficient (Wildman–Crippen LogP) is 5.52. The number of benzene rings is 2. The first-order valence-electron chi connectivity index (χ1n) is 14.0. The Balaban J connectivity index is 1.39. The zero-order valence-corrected chi connectivity index (χ0v) is 22.9. The molecule has 2 aliphatic rings. The van der Waals surface area contributed by atoms with Crippen molar-refractivity contribution in [1.82, 2.24) is 30.1 Å². The van der Waals surface area contributed by atoms with Crippen molar-refractivity contribution in [2.45, 2.75) is 84.5 Å². The monoisotopic (exact) mass is 528 g/mol. The second-order valence-electron chi connectivity index (χ2n) is 11.0. The van der Waals surface area contributed by atoms with Gasteiger partial charge in [-0.25, -0.2) is 4.68 Å².